The van der Waals surface area contributed by atoms with Gasteiger partial charge in [0.25, 0.3) is 0 Å². The average molecular weight is 566 g/mol. The van der Waals surface area contributed by atoms with Gasteiger partial charge in [-0.1, -0.05) is 0 Å². The molecule has 0 saturated heterocycles. The molecule has 2 aromatic heterocycles. The number of halogens is 1. The number of aliphatic hydroxyl groups excluding tert-OH is 2. The maximum absolute atomic E-state index is 12.2. The number of aromatic nitrogens is 4. The van der Waals surface area contributed by atoms with Crippen LogP contribution in [0.3, 0.4) is 0 Å². The molecule has 2 aromatic rings. The standard InChI is InChI=1S/C13H19ClN5O12P3/c1-15-9-7-10(18-11(14)17-9)19(5-16-7)13-2-6(20)8(21)12(13,3-13)4-29-33(25,26)31-34(27,28)30-32(22,23)24/h5-6,8,20-21H,2-4H2,1H3,(H,25,26)(H,27,28)(H,15,17,18)(H2,22,23,24)/t6-,8-,12-,13-/m0/s1. The monoisotopic (exact) mass is 565 g/mol. The first kappa shape index (κ1) is 26.0. The molecule has 0 aromatic carbocycles. The number of anilines is 1. The summed E-state index contributed by atoms with van der Waals surface area (Å²) in [6.45, 7) is -0.772. The third-order valence-corrected chi connectivity index (χ3v) is 9.81. The van der Waals surface area contributed by atoms with Crippen LogP contribution in [0.5, 0.6) is 0 Å². The van der Waals surface area contributed by atoms with Crippen molar-refractivity contribution >= 4 is 52.1 Å². The number of phosphoric acid groups is 3. The Labute approximate surface area is 195 Å². The number of phosphoric ester groups is 1. The molecule has 2 aliphatic rings. The van der Waals surface area contributed by atoms with E-state index < -0.39 is 53.2 Å². The van der Waals surface area contributed by atoms with E-state index in [0.717, 1.165) is 0 Å². The molecule has 4 rings (SSSR count). The predicted molar refractivity (Wildman–Crippen MR) is 111 cm³/mol. The molecule has 21 heteroatoms. The van der Waals surface area contributed by atoms with Gasteiger partial charge in [0.15, 0.2) is 17.0 Å². The van der Waals surface area contributed by atoms with Crippen molar-refractivity contribution in [2.75, 3.05) is 19.0 Å². The minimum atomic E-state index is -5.71. The van der Waals surface area contributed by atoms with Gasteiger partial charge in [0.1, 0.15) is 0 Å². The van der Waals surface area contributed by atoms with E-state index in [1.807, 2.05) is 0 Å². The molecule has 2 heterocycles. The number of imidazole rings is 1. The summed E-state index contributed by atoms with van der Waals surface area (Å²) >= 11 is 5.99. The smallest absolute Gasteiger partial charge is 0.390 e. The summed E-state index contributed by atoms with van der Waals surface area (Å²) in [6.07, 6.45) is -1.30. The van der Waals surface area contributed by atoms with Crippen LogP contribution in [-0.2, 0) is 32.4 Å². The van der Waals surface area contributed by atoms with Gasteiger partial charge in [-0.05, 0) is 18.0 Å². The Balaban J connectivity index is 1.62. The van der Waals surface area contributed by atoms with Crippen molar-refractivity contribution in [3.05, 3.63) is 11.6 Å². The van der Waals surface area contributed by atoms with Crippen molar-refractivity contribution in [3.8, 4) is 0 Å². The lowest BCUT2D eigenvalue weighted by molar-refractivity contribution is -0.0186. The number of hydrogen-bond acceptors (Lipinski definition) is 12. The Hall–Kier alpha value is -1.03. The molecule has 2 unspecified atom stereocenters. The lowest BCUT2D eigenvalue weighted by Crippen LogP contribution is -2.34. The van der Waals surface area contributed by atoms with Gasteiger partial charge in [-0.25, -0.2) is 18.7 Å². The Bertz CT molecular complexity index is 1290. The van der Waals surface area contributed by atoms with Gasteiger partial charge in [-0.3, -0.25) is 4.52 Å². The normalized spacial score (nSPS) is 32.2. The molecule has 190 valence electrons. The van der Waals surface area contributed by atoms with Gasteiger partial charge in [-0.2, -0.15) is 18.6 Å². The fraction of sp³-hybridized carbons (Fsp3) is 0.615. The van der Waals surface area contributed by atoms with Crippen LogP contribution in [-0.4, -0.2) is 75.2 Å². The molecule has 0 radical (unpaired) electrons. The van der Waals surface area contributed by atoms with Crippen LogP contribution in [0.2, 0.25) is 5.28 Å². The van der Waals surface area contributed by atoms with E-state index >= 15 is 0 Å². The third-order valence-electron chi connectivity index (χ3n) is 5.86. The Kier molecular flexibility index (Phi) is 6.32. The summed E-state index contributed by atoms with van der Waals surface area (Å²) in [7, 11) is -15.1. The Morgan fingerprint density at radius 2 is 1.85 bits per heavy atom. The highest BCUT2D eigenvalue weighted by molar-refractivity contribution is 7.66. The number of rotatable bonds is 9. The second-order valence-electron chi connectivity index (χ2n) is 7.82. The molecule has 0 aliphatic heterocycles. The quantitative estimate of drug-likeness (QED) is 0.157. The van der Waals surface area contributed by atoms with Crippen molar-refractivity contribution in [1.82, 2.24) is 19.5 Å². The van der Waals surface area contributed by atoms with E-state index in [1.165, 1.54) is 10.9 Å². The molecule has 0 bridgehead atoms. The van der Waals surface area contributed by atoms with Gasteiger partial charge in [0, 0.05) is 18.9 Å². The highest BCUT2D eigenvalue weighted by Crippen LogP contribution is 2.74. The van der Waals surface area contributed by atoms with Crippen LogP contribution >= 0.6 is 35.1 Å². The summed E-state index contributed by atoms with van der Waals surface area (Å²) < 4.78 is 48.2. The first-order valence-electron chi connectivity index (χ1n) is 9.28. The molecular formula is C13H19ClN5O12P3. The summed E-state index contributed by atoms with van der Waals surface area (Å²) in [5, 5.41) is 23.7. The number of nitrogens with zero attached hydrogens (tertiary/aromatic N) is 4. The fourth-order valence-electron chi connectivity index (χ4n) is 4.51. The second-order valence-corrected chi connectivity index (χ2v) is 12.6. The van der Waals surface area contributed by atoms with Crippen molar-refractivity contribution in [1.29, 1.82) is 0 Å². The second kappa shape index (κ2) is 8.25. The van der Waals surface area contributed by atoms with Crippen molar-refractivity contribution in [2.24, 2.45) is 5.41 Å². The highest BCUT2D eigenvalue weighted by atomic mass is 35.5. The lowest BCUT2D eigenvalue weighted by Gasteiger charge is -2.24. The Morgan fingerprint density at radius 1 is 1.18 bits per heavy atom. The summed E-state index contributed by atoms with van der Waals surface area (Å²) in [5.74, 6) is 0.309. The van der Waals surface area contributed by atoms with Crippen molar-refractivity contribution < 1.29 is 56.6 Å². The van der Waals surface area contributed by atoms with E-state index in [9.17, 15) is 33.7 Å². The SMILES string of the molecule is CNc1nc(Cl)nc2c1ncn2[C@]12C[C@H](O)[C@H](O)[C@@]1(COP(=O)(O)OP(=O)(O)OP(=O)(O)O)C2. The maximum Gasteiger partial charge on any atom is 0.490 e. The zero-order chi connectivity index (χ0) is 25.3. The molecule has 7 N–H and O–H groups in total. The van der Waals surface area contributed by atoms with Gasteiger partial charge < -0.3 is 39.7 Å². The molecule has 34 heavy (non-hydrogen) atoms. The molecule has 0 amide bonds. The van der Waals surface area contributed by atoms with Crippen molar-refractivity contribution in [2.45, 2.75) is 30.6 Å². The van der Waals surface area contributed by atoms with E-state index in [2.05, 4.69) is 28.9 Å². The van der Waals surface area contributed by atoms with Crippen LogP contribution in [0.25, 0.3) is 11.2 Å². The van der Waals surface area contributed by atoms with E-state index in [0.29, 0.717) is 11.3 Å². The molecule has 2 aliphatic carbocycles. The zero-order valence-electron chi connectivity index (χ0n) is 17.0. The van der Waals surface area contributed by atoms with Crippen LogP contribution in [0, 0.1) is 5.41 Å². The van der Waals surface area contributed by atoms with Crippen LogP contribution < -0.4 is 5.32 Å². The zero-order valence-corrected chi connectivity index (χ0v) is 20.4. The lowest BCUT2D eigenvalue weighted by atomic mass is 10.00. The minimum Gasteiger partial charge on any atom is -0.390 e. The minimum absolute atomic E-state index is 0.0319. The summed E-state index contributed by atoms with van der Waals surface area (Å²) in [6, 6.07) is 0. The Morgan fingerprint density at radius 3 is 2.47 bits per heavy atom. The molecule has 17 nitrogen and oxygen atoms in total. The van der Waals surface area contributed by atoms with E-state index in [-0.39, 0.29) is 23.8 Å². The summed E-state index contributed by atoms with van der Waals surface area (Å²) in [4.78, 5) is 48.8. The maximum atomic E-state index is 12.2. The molecule has 2 saturated carbocycles. The van der Waals surface area contributed by atoms with Crippen LogP contribution in [0.4, 0.5) is 5.82 Å². The van der Waals surface area contributed by atoms with Gasteiger partial charge >= 0.3 is 23.5 Å². The number of aliphatic hydroxyl groups is 2. The first-order chi connectivity index (χ1) is 15.5. The van der Waals surface area contributed by atoms with E-state index in [4.69, 9.17) is 25.9 Å². The fourth-order valence-corrected chi connectivity index (χ4v) is 7.77. The van der Waals surface area contributed by atoms with Crippen LogP contribution in [0.1, 0.15) is 12.8 Å². The first-order valence-corrected chi connectivity index (χ1v) is 14.2. The largest absolute Gasteiger partial charge is 0.490 e. The van der Waals surface area contributed by atoms with Gasteiger partial charge in [0.05, 0.1) is 30.7 Å². The van der Waals surface area contributed by atoms with Crippen molar-refractivity contribution in [3.63, 3.8) is 0 Å². The molecular weight excluding hydrogens is 547 g/mol. The topological polar surface area (TPSA) is 256 Å². The van der Waals surface area contributed by atoms with Gasteiger partial charge in [0.2, 0.25) is 5.28 Å². The predicted octanol–water partition coefficient (Wildman–Crippen LogP) is 0.0756. The number of hydrogen-bond donors (Lipinski definition) is 7. The molecule has 2 fully saturated rings. The summed E-state index contributed by atoms with van der Waals surface area (Å²) in [5.41, 5.74) is -1.92. The number of fused-ring (bicyclic) bond motifs is 2. The third kappa shape index (κ3) is 4.46. The van der Waals surface area contributed by atoms with E-state index in [1.54, 1.807) is 7.05 Å². The molecule has 0 spiro atoms. The number of nitrogens with one attached hydrogen (secondary N) is 1. The van der Waals surface area contributed by atoms with Crippen LogP contribution in [0.15, 0.2) is 6.33 Å². The van der Waals surface area contributed by atoms with Gasteiger partial charge in [-0.15, -0.1) is 0 Å². The highest BCUT2D eigenvalue weighted by Gasteiger charge is 2.79. The molecule has 6 atom stereocenters. The average Bonchev–Trinajstić information content (AvgIpc) is 3.00.